The molecule has 0 aliphatic carbocycles. The quantitative estimate of drug-likeness (QED) is 0.383. The summed E-state index contributed by atoms with van der Waals surface area (Å²) in [5.41, 5.74) is -0.279. The lowest BCUT2D eigenvalue weighted by molar-refractivity contribution is -0.155. The van der Waals surface area contributed by atoms with E-state index in [2.05, 4.69) is 19.6 Å². The van der Waals surface area contributed by atoms with E-state index in [4.69, 9.17) is 4.74 Å². The van der Waals surface area contributed by atoms with Crippen molar-refractivity contribution in [3.63, 3.8) is 0 Å². The lowest BCUT2D eigenvalue weighted by Crippen LogP contribution is -2.29. The van der Waals surface area contributed by atoms with Crippen molar-refractivity contribution in [3.8, 4) is 0 Å². The molecular weight excluding hydrogens is 216 g/mol. The molecule has 2 nitrogen and oxygen atoms in total. The number of carbonyl (C=O) groups is 1. The lowest BCUT2D eigenvalue weighted by Gasteiger charge is -2.24. The molecule has 0 saturated carbocycles. The first kappa shape index (κ1) is 15.7. The molecule has 0 aromatic rings. The van der Waals surface area contributed by atoms with Gasteiger partial charge in [-0.1, -0.05) is 39.5 Å². The van der Waals surface area contributed by atoms with Gasteiger partial charge in [0, 0.05) is 8.07 Å². The molecule has 96 valence electrons. The minimum atomic E-state index is -0.983. The summed E-state index contributed by atoms with van der Waals surface area (Å²) in [6, 6.07) is 1.23. The van der Waals surface area contributed by atoms with Crippen LogP contribution in [0.3, 0.4) is 0 Å². The van der Waals surface area contributed by atoms with Crippen LogP contribution in [0.15, 0.2) is 0 Å². The van der Waals surface area contributed by atoms with Crippen LogP contribution in [0.1, 0.15) is 40.0 Å². The van der Waals surface area contributed by atoms with E-state index in [0.717, 1.165) is 19.3 Å². The van der Waals surface area contributed by atoms with E-state index < -0.39 is 8.07 Å². The highest BCUT2D eigenvalue weighted by atomic mass is 28.3. The molecule has 0 fully saturated rings. The Kier molecular flexibility index (Phi) is 6.30. The zero-order chi connectivity index (χ0) is 12.8. The van der Waals surface area contributed by atoms with Crippen LogP contribution in [-0.2, 0) is 9.53 Å². The molecule has 0 heterocycles. The largest absolute Gasteiger partial charge is 0.465 e. The summed E-state index contributed by atoms with van der Waals surface area (Å²) in [4.78, 5) is 11.8. The fourth-order valence-electron chi connectivity index (χ4n) is 1.48. The maximum atomic E-state index is 11.8. The van der Waals surface area contributed by atoms with Gasteiger partial charge in [-0.25, -0.2) is 0 Å². The monoisotopic (exact) mass is 244 g/mol. The third-order valence-electron chi connectivity index (χ3n) is 3.36. The maximum absolute atomic E-state index is 11.8. The number of ether oxygens (including phenoxy) is 1. The molecule has 0 spiro atoms. The molecule has 0 aliphatic rings. The molecular formula is C13H28O2Si. The van der Waals surface area contributed by atoms with E-state index in [1.807, 2.05) is 20.8 Å². The number of rotatable bonds is 7. The van der Waals surface area contributed by atoms with Gasteiger partial charge in [-0.3, -0.25) is 4.79 Å². The van der Waals surface area contributed by atoms with Gasteiger partial charge in [-0.05, 0) is 26.2 Å². The summed E-state index contributed by atoms with van der Waals surface area (Å²) >= 11 is 0. The summed E-state index contributed by atoms with van der Waals surface area (Å²) < 4.78 is 5.37. The Balaban J connectivity index is 3.90. The molecule has 0 aliphatic heterocycles. The van der Waals surface area contributed by atoms with E-state index in [1.165, 1.54) is 6.04 Å². The normalized spacial score (nSPS) is 12.6. The third-order valence-corrected chi connectivity index (χ3v) is 5.21. The summed E-state index contributed by atoms with van der Waals surface area (Å²) in [6.45, 7) is 13.7. The number of carbonyl (C=O) groups excluding carboxylic acids is 1. The predicted molar refractivity (Wildman–Crippen MR) is 72.4 cm³/mol. The number of esters is 1. The fourth-order valence-corrected chi connectivity index (χ4v) is 2.69. The highest BCUT2D eigenvalue weighted by molar-refractivity contribution is 6.76. The summed E-state index contributed by atoms with van der Waals surface area (Å²) in [5.74, 6) is -0.0203. The van der Waals surface area contributed by atoms with Crippen molar-refractivity contribution in [3.05, 3.63) is 0 Å². The van der Waals surface area contributed by atoms with Crippen molar-refractivity contribution in [2.75, 3.05) is 6.61 Å². The first-order valence-electron chi connectivity index (χ1n) is 6.42. The van der Waals surface area contributed by atoms with E-state index in [0.29, 0.717) is 6.61 Å². The van der Waals surface area contributed by atoms with Crippen LogP contribution in [0, 0.1) is 5.41 Å². The van der Waals surface area contributed by atoms with Crippen LogP contribution < -0.4 is 0 Å². The van der Waals surface area contributed by atoms with Crippen molar-refractivity contribution in [2.45, 2.75) is 65.7 Å². The van der Waals surface area contributed by atoms with Gasteiger partial charge in [0.05, 0.1) is 12.0 Å². The van der Waals surface area contributed by atoms with Crippen LogP contribution in [0.4, 0.5) is 0 Å². The maximum Gasteiger partial charge on any atom is 0.311 e. The van der Waals surface area contributed by atoms with Gasteiger partial charge in [-0.15, -0.1) is 0 Å². The molecule has 0 atom stereocenters. The Hall–Kier alpha value is -0.313. The smallest absolute Gasteiger partial charge is 0.311 e. The van der Waals surface area contributed by atoms with E-state index >= 15 is 0 Å². The van der Waals surface area contributed by atoms with Crippen molar-refractivity contribution >= 4 is 14.0 Å². The Bertz CT molecular complexity index is 214. The highest BCUT2D eigenvalue weighted by Crippen LogP contribution is 2.27. The van der Waals surface area contributed by atoms with Crippen LogP contribution in [0.5, 0.6) is 0 Å². The first-order chi connectivity index (χ1) is 7.25. The summed E-state index contributed by atoms with van der Waals surface area (Å²) in [6.07, 6.45) is 2.73. The molecule has 16 heavy (non-hydrogen) atoms. The second kappa shape index (κ2) is 6.43. The molecule has 0 saturated heterocycles. The molecule has 0 unspecified atom stereocenters. The second-order valence-electron chi connectivity index (χ2n) is 6.07. The Morgan fingerprint density at radius 3 is 2.06 bits per heavy atom. The molecule has 3 heteroatoms. The molecule has 0 bridgehead atoms. The minimum absolute atomic E-state index is 0.0203. The molecule has 0 N–H and O–H groups in total. The van der Waals surface area contributed by atoms with E-state index in [9.17, 15) is 4.79 Å². The fraction of sp³-hybridized carbons (Fsp3) is 0.923. The van der Waals surface area contributed by atoms with Crippen molar-refractivity contribution in [1.29, 1.82) is 0 Å². The molecule has 0 amide bonds. The molecule has 0 rings (SSSR count). The zero-order valence-electron chi connectivity index (χ0n) is 11.9. The van der Waals surface area contributed by atoms with Gasteiger partial charge in [-0.2, -0.15) is 0 Å². The summed E-state index contributed by atoms with van der Waals surface area (Å²) in [7, 11) is -0.983. The van der Waals surface area contributed by atoms with Gasteiger partial charge in [0.15, 0.2) is 0 Å². The van der Waals surface area contributed by atoms with Gasteiger partial charge in [0.2, 0.25) is 0 Å². The second-order valence-corrected chi connectivity index (χ2v) is 11.7. The first-order valence-corrected chi connectivity index (χ1v) is 10.1. The standard InChI is InChI=1S/C13H28O2Si/c1-7-13(3,8-2)12(14)15-10-9-11-16(4,5)6/h7-11H2,1-6H3. The number of hydrogen-bond acceptors (Lipinski definition) is 2. The Labute approximate surface area is 102 Å². The van der Waals surface area contributed by atoms with Gasteiger partial charge in [0.1, 0.15) is 0 Å². The van der Waals surface area contributed by atoms with Crippen molar-refractivity contribution < 1.29 is 9.53 Å². The summed E-state index contributed by atoms with van der Waals surface area (Å²) in [5, 5.41) is 0. The third kappa shape index (κ3) is 5.68. The number of hydrogen-bond donors (Lipinski definition) is 0. The SMILES string of the molecule is CCC(C)(CC)C(=O)OCCC[Si](C)(C)C. The van der Waals surface area contributed by atoms with Crippen molar-refractivity contribution in [1.82, 2.24) is 0 Å². The Morgan fingerprint density at radius 2 is 1.69 bits per heavy atom. The lowest BCUT2D eigenvalue weighted by atomic mass is 9.85. The highest BCUT2D eigenvalue weighted by Gasteiger charge is 2.30. The average molecular weight is 244 g/mol. The molecule has 0 radical (unpaired) electrons. The van der Waals surface area contributed by atoms with Gasteiger partial charge < -0.3 is 4.74 Å². The van der Waals surface area contributed by atoms with Crippen LogP contribution in [-0.4, -0.2) is 20.7 Å². The topological polar surface area (TPSA) is 26.3 Å². The van der Waals surface area contributed by atoms with Crippen LogP contribution in [0.2, 0.25) is 25.7 Å². The van der Waals surface area contributed by atoms with Crippen LogP contribution >= 0.6 is 0 Å². The molecule has 0 aromatic carbocycles. The van der Waals surface area contributed by atoms with E-state index in [1.54, 1.807) is 0 Å². The zero-order valence-corrected chi connectivity index (χ0v) is 12.9. The van der Waals surface area contributed by atoms with Crippen molar-refractivity contribution in [2.24, 2.45) is 5.41 Å². The van der Waals surface area contributed by atoms with Gasteiger partial charge in [0.25, 0.3) is 0 Å². The predicted octanol–water partition coefficient (Wildman–Crippen LogP) is 4.08. The van der Waals surface area contributed by atoms with E-state index in [-0.39, 0.29) is 11.4 Å². The molecule has 0 aromatic heterocycles. The average Bonchev–Trinajstić information content (AvgIpc) is 2.21. The minimum Gasteiger partial charge on any atom is -0.465 e. The van der Waals surface area contributed by atoms with Crippen LogP contribution in [0.25, 0.3) is 0 Å². The Morgan fingerprint density at radius 1 is 1.19 bits per heavy atom. The van der Waals surface area contributed by atoms with Gasteiger partial charge >= 0.3 is 5.97 Å².